The number of imidazole rings is 1. The molecule has 1 unspecified atom stereocenters. The van der Waals surface area contributed by atoms with Gasteiger partial charge in [0.2, 0.25) is 0 Å². The number of likely N-dealkylation sites (tertiary alicyclic amines) is 1. The molecule has 2 aliphatic heterocycles. The molecule has 0 aromatic carbocycles. The lowest BCUT2D eigenvalue weighted by molar-refractivity contribution is 0.103. The topological polar surface area (TPSA) is 37.2 Å². The van der Waals surface area contributed by atoms with Gasteiger partial charge >= 0.3 is 0 Å². The van der Waals surface area contributed by atoms with Crippen LogP contribution in [-0.2, 0) is 19.6 Å². The first-order chi connectivity index (χ1) is 13.2. The Kier molecular flexibility index (Phi) is 5.09. The van der Waals surface area contributed by atoms with Gasteiger partial charge in [-0.2, -0.15) is 0 Å². The number of hydrogen-bond acceptors (Lipinski definition) is 4. The van der Waals surface area contributed by atoms with E-state index in [1.807, 2.05) is 12.5 Å². The minimum atomic E-state index is 0.134. The molecule has 1 atom stereocenters. The first kappa shape index (κ1) is 19.6. The van der Waals surface area contributed by atoms with Crippen molar-refractivity contribution in [3.05, 3.63) is 47.8 Å². The van der Waals surface area contributed by atoms with Gasteiger partial charge < -0.3 is 4.57 Å². The van der Waals surface area contributed by atoms with E-state index < -0.39 is 0 Å². The van der Waals surface area contributed by atoms with Crippen LogP contribution in [0.3, 0.4) is 0 Å². The molecule has 5 heteroatoms. The molecule has 2 aliphatic rings. The van der Waals surface area contributed by atoms with Crippen molar-refractivity contribution >= 4 is 0 Å². The SMILES string of the molecule is CC(C)(C)N1CCC(c2cncn2CCC(C)(C)N2Cc3cccnc3C2)C1. The highest BCUT2D eigenvalue weighted by molar-refractivity contribution is 5.24. The summed E-state index contributed by atoms with van der Waals surface area (Å²) in [6.45, 7) is 17.0. The average molecular weight is 382 g/mol. The second kappa shape index (κ2) is 7.27. The van der Waals surface area contributed by atoms with Crippen LogP contribution in [0.4, 0.5) is 0 Å². The van der Waals surface area contributed by atoms with E-state index in [4.69, 9.17) is 0 Å². The number of aromatic nitrogens is 3. The van der Waals surface area contributed by atoms with Gasteiger partial charge in [-0.3, -0.25) is 14.8 Å². The Labute approximate surface area is 169 Å². The van der Waals surface area contributed by atoms with Crippen LogP contribution in [-0.4, -0.2) is 48.5 Å². The smallest absolute Gasteiger partial charge is 0.0948 e. The maximum atomic E-state index is 4.56. The molecule has 4 rings (SSSR count). The van der Waals surface area contributed by atoms with Crippen LogP contribution in [0.5, 0.6) is 0 Å². The lowest BCUT2D eigenvalue weighted by Gasteiger charge is -2.35. The minimum Gasteiger partial charge on any atom is -0.334 e. The fourth-order valence-corrected chi connectivity index (χ4v) is 4.65. The summed E-state index contributed by atoms with van der Waals surface area (Å²) < 4.78 is 2.40. The van der Waals surface area contributed by atoms with Crippen molar-refractivity contribution in [2.24, 2.45) is 0 Å². The summed E-state index contributed by atoms with van der Waals surface area (Å²) in [6, 6.07) is 4.27. The Balaban J connectivity index is 1.39. The number of aryl methyl sites for hydroxylation is 1. The van der Waals surface area contributed by atoms with Gasteiger partial charge in [-0.05, 0) is 65.6 Å². The van der Waals surface area contributed by atoms with E-state index in [2.05, 4.69) is 77.3 Å². The monoisotopic (exact) mass is 381 g/mol. The molecule has 0 N–H and O–H groups in total. The van der Waals surface area contributed by atoms with Crippen molar-refractivity contribution in [2.45, 2.75) is 84.1 Å². The van der Waals surface area contributed by atoms with Crippen molar-refractivity contribution in [3.63, 3.8) is 0 Å². The first-order valence-corrected chi connectivity index (χ1v) is 10.7. The van der Waals surface area contributed by atoms with Gasteiger partial charge in [0.15, 0.2) is 0 Å². The van der Waals surface area contributed by atoms with Gasteiger partial charge in [-0.25, -0.2) is 4.98 Å². The molecule has 0 amide bonds. The summed E-state index contributed by atoms with van der Waals surface area (Å²) in [5.74, 6) is 0.602. The van der Waals surface area contributed by atoms with E-state index >= 15 is 0 Å². The standard InChI is InChI=1S/C23H35N5/c1-22(2,3)27-11-8-19(15-27)21-13-24-17-26(21)12-9-23(4,5)28-14-18-7-6-10-25-20(18)16-28/h6-7,10,13,17,19H,8-9,11-12,14-16H2,1-5H3. The summed E-state index contributed by atoms with van der Waals surface area (Å²) in [4.78, 5) is 14.2. The van der Waals surface area contributed by atoms with Crippen LogP contribution < -0.4 is 0 Å². The van der Waals surface area contributed by atoms with Crippen molar-refractivity contribution < 1.29 is 0 Å². The van der Waals surface area contributed by atoms with Crippen molar-refractivity contribution in [3.8, 4) is 0 Å². The van der Waals surface area contributed by atoms with E-state index in [-0.39, 0.29) is 11.1 Å². The molecule has 28 heavy (non-hydrogen) atoms. The third-order valence-corrected chi connectivity index (χ3v) is 6.81. The van der Waals surface area contributed by atoms with Gasteiger partial charge in [-0.15, -0.1) is 0 Å². The van der Waals surface area contributed by atoms with Crippen LogP contribution in [0.1, 0.15) is 70.3 Å². The lowest BCUT2D eigenvalue weighted by atomic mass is 9.97. The molecule has 0 saturated carbocycles. The van der Waals surface area contributed by atoms with Gasteiger partial charge in [-0.1, -0.05) is 6.07 Å². The largest absolute Gasteiger partial charge is 0.334 e. The minimum absolute atomic E-state index is 0.134. The zero-order valence-corrected chi connectivity index (χ0v) is 18.1. The van der Waals surface area contributed by atoms with Crippen molar-refractivity contribution in [2.75, 3.05) is 13.1 Å². The average Bonchev–Trinajstić information content (AvgIpc) is 3.36. The quantitative estimate of drug-likeness (QED) is 0.783. The second-order valence-electron chi connectivity index (χ2n) is 10.1. The van der Waals surface area contributed by atoms with E-state index in [1.54, 1.807) is 0 Å². The molecule has 4 heterocycles. The molecule has 0 bridgehead atoms. The molecule has 0 spiro atoms. The van der Waals surface area contributed by atoms with E-state index in [0.29, 0.717) is 5.92 Å². The zero-order chi connectivity index (χ0) is 19.9. The summed E-state index contributed by atoms with van der Waals surface area (Å²) in [6.07, 6.45) is 8.39. The van der Waals surface area contributed by atoms with E-state index in [0.717, 1.165) is 32.6 Å². The van der Waals surface area contributed by atoms with E-state index in [1.165, 1.54) is 29.9 Å². The fourth-order valence-electron chi connectivity index (χ4n) is 4.65. The van der Waals surface area contributed by atoms with Gasteiger partial charge in [0, 0.05) is 61.3 Å². The highest BCUT2D eigenvalue weighted by Crippen LogP contribution is 2.33. The highest BCUT2D eigenvalue weighted by atomic mass is 15.2. The predicted octanol–water partition coefficient (Wildman–Crippen LogP) is 4.05. The van der Waals surface area contributed by atoms with Crippen LogP contribution in [0.2, 0.25) is 0 Å². The van der Waals surface area contributed by atoms with Gasteiger partial charge in [0.25, 0.3) is 0 Å². The zero-order valence-electron chi connectivity index (χ0n) is 18.1. The maximum Gasteiger partial charge on any atom is 0.0948 e. The fraction of sp³-hybridized carbons (Fsp3) is 0.652. The van der Waals surface area contributed by atoms with Crippen molar-refractivity contribution in [1.82, 2.24) is 24.3 Å². The Hall–Kier alpha value is -1.72. The normalized spacial score (nSPS) is 21.4. The van der Waals surface area contributed by atoms with Crippen LogP contribution >= 0.6 is 0 Å². The molecule has 1 fully saturated rings. The number of pyridine rings is 1. The van der Waals surface area contributed by atoms with E-state index in [9.17, 15) is 0 Å². The number of rotatable bonds is 5. The second-order valence-corrected chi connectivity index (χ2v) is 10.1. The third kappa shape index (κ3) is 3.87. The Bertz CT molecular complexity index is 791. The molecular weight excluding hydrogens is 346 g/mol. The number of nitrogens with zero attached hydrogens (tertiary/aromatic N) is 5. The predicted molar refractivity (Wildman–Crippen MR) is 113 cm³/mol. The Morgan fingerprint density at radius 3 is 2.64 bits per heavy atom. The molecule has 2 aromatic rings. The number of fused-ring (bicyclic) bond motifs is 1. The highest BCUT2D eigenvalue weighted by Gasteiger charge is 2.34. The molecule has 1 saturated heterocycles. The molecule has 2 aromatic heterocycles. The summed E-state index contributed by atoms with van der Waals surface area (Å²) >= 11 is 0. The lowest BCUT2D eigenvalue weighted by Crippen LogP contribution is -2.41. The summed E-state index contributed by atoms with van der Waals surface area (Å²) in [5.41, 5.74) is 4.42. The van der Waals surface area contributed by atoms with Crippen LogP contribution in [0, 0.1) is 0 Å². The first-order valence-electron chi connectivity index (χ1n) is 10.7. The van der Waals surface area contributed by atoms with Crippen LogP contribution in [0.15, 0.2) is 30.9 Å². The molecule has 0 radical (unpaired) electrons. The molecule has 5 nitrogen and oxygen atoms in total. The maximum absolute atomic E-state index is 4.56. The Morgan fingerprint density at radius 1 is 1.11 bits per heavy atom. The Morgan fingerprint density at radius 2 is 1.93 bits per heavy atom. The van der Waals surface area contributed by atoms with Gasteiger partial charge in [0.05, 0.1) is 12.0 Å². The summed E-state index contributed by atoms with van der Waals surface area (Å²) in [5, 5.41) is 0. The molecular formula is C23H35N5. The third-order valence-electron chi connectivity index (χ3n) is 6.81. The molecule has 152 valence electrons. The van der Waals surface area contributed by atoms with Crippen LogP contribution in [0.25, 0.3) is 0 Å². The van der Waals surface area contributed by atoms with Crippen molar-refractivity contribution in [1.29, 1.82) is 0 Å². The van der Waals surface area contributed by atoms with Gasteiger partial charge in [0.1, 0.15) is 0 Å². The molecule has 0 aliphatic carbocycles. The summed E-state index contributed by atoms with van der Waals surface area (Å²) in [7, 11) is 0. The number of hydrogen-bond donors (Lipinski definition) is 0.